The first kappa shape index (κ1) is 9.83. The number of aliphatic carboxylic acids is 1. The summed E-state index contributed by atoms with van der Waals surface area (Å²) in [6.45, 7) is 0.933. The van der Waals surface area contributed by atoms with Crippen LogP contribution in [0.5, 0.6) is 0 Å². The van der Waals surface area contributed by atoms with Gasteiger partial charge in [-0.2, -0.15) is 0 Å². The number of hydrogen-bond acceptors (Lipinski definition) is 3. The molecule has 0 aromatic heterocycles. The minimum Gasteiger partial charge on any atom is -0.481 e. The SMILES string of the molecule is CN1CC(CCC(=O)O)COC1=O. The van der Waals surface area contributed by atoms with Crippen molar-refractivity contribution in [3.63, 3.8) is 0 Å². The van der Waals surface area contributed by atoms with Gasteiger partial charge in [-0.1, -0.05) is 0 Å². The van der Waals surface area contributed by atoms with Crippen molar-refractivity contribution in [2.24, 2.45) is 5.92 Å². The fraction of sp³-hybridized carbons (Fsp3) is 0.750. The molecule has 0 spiro atoms. The van der Waals surface area contributed by atoms with Gasteiger partial charge in [0.2, 0.25) is 0 Å². The zero-order valence-corrected chi connectivity index (χ0v) is 7.52. The Morgan fingerprint density at radius 3 is 3.00 bits per heavy atom. The van der Waals surface area contributed by atoms with E-state index >= 15 is 0 Å². The molecule has 1 amide bonds. The predicted octanol–water partition coefficient (Wildman–Crippen LogP) is 0.549. The third-order valence-corrected chi connectivity index (χ3v) is 2.05. The van der Waals surface area contributed by atoms with Gasteiger partial charge in [-0.05, 0) is 6.42 Å². The lowest BCUT2D eigenvalue weighted by atomic mass is 10.0. The Kier molecular flexibility index (Phi) is 3.11. The monoisotopic (exact) mass is 187 g/mol. The molecule has 0 saturated carbocycles. The average molecular weight is 187 g/mol. The summed E-state index contributed by atoms with van der Waals surface area (Å²) in [5.74, 6) is -0.654. The molecule has 1 unspecified atom stereocenters. The Balaban J connectivity index is 2.29. The number of hydrogen-bond donors (Lipinski definition) is 1. The van der Waals surface area contributed by atoms with E-state index in [-0.39, 0.29) is 18.4 Å². The van der Waals surface area contributed by atoms with Crippen LogP contribution in [0.2, 0.25) is 0 Å². The largest absolute Gasteiger partial charge is 0.481 e. The number of ether oxygens (including phenoxy) is 1. The molecule has 74 valence electrons. The molecule has 0 radical (unpaired) electrons. The van der Waals surface area contributed by atoms with Gasteiger partial charge in [-0.25, -0.2) is 4.79 Å². The van der Waals surface area contributed by atoms with Crippen molar-refractivity contribution in [1.82, 2.24) is 4.90 Å². The van der Waals surface area contributed by atoms with Gasteiger partial charge < -0.3 is 14.7 Å². The lowest BCUT2D eigenvalue weighted by Crippen LogP contribution is -2.40. The van der Waals surface area contributed by atoms with Crippen LogP contribution in [0.15, 0.2) is 0 Å². The second kappa shape index (κ2) is 4.11. The topological polar surface area (TPSA) is 66.8 Å². The summed E-state index contributed by atoms with van der Waals surface area (Å²) in [4.78, 5) is 22.6. The Hall–Kier alpha value is -1.26. The molecular formula is C8H13NO4. The minimum atomic E-state index is -0.806. The first-order valence-electron chi connectivity index (χ1n) is 4.19. The lowest BCUT2D eigenvalue weighted by Gasteiger charge is -2.28. The van der Waals surface area contributed by atoms with Crippen molar-refractivity contribution < 1.29 is 19.4 Å². The van der Waals surface area contributed by atoms with Gasteiger partial charge in [-0.3, -0.25) is 4.79 Å². The van der Waals surface area contributed by atoms with Gasteiger partial charge in [0.05, 0.1) is 6.61 Å². The van der Waals surface area contributed by atoms with E-state index in [1.54, 1.807) is 7.05 Å². The van der Waals surface area contributed by atoms with Crippen molar-refractivity contribution in [2.45, 2.75) is 12.8 Å². The third-order valence-electron chi connectivity index (χ3n) is 2.05. The molecule has 0 aromatic carbocycles. The maximum Gasteiger partial charge on any atom is 0.409 e. The molecule has 1 aliphatic rings. The molecule has 0 aromatic rings. The lowest BCUT2D eigenvalue weighted by molar-refractivity contribution is -0.137. The molecule has 1 atom stereocenters. The van der Waals surface area contributed by atoms with Gasteiger partial charge in [0.1, 0.15) is 0 Å². The average Bonchev–Trinajstić information content (AvgIpc) is 2.07. The molecule has 1 N–H and O–H groups in total. The number of cyclic esters (lactones) is 1. The van der Waals surface area contributed by atoms with Crippen LogP contribution < -0.4 is 0 Å². The quantitative estimate of drug-likeness (QED) is 0.700. The van der Waals surface area contributed by atoms with Gasteiger partial charge in [0.15, 0.2) is 0 Å². The van der Waals surface area contributed by atoms with Crippen LogP contribution in [0.4, 0.5) is 4.79 Å². The number of rotatable bonds is 3. The van der Waals surface area contributed by atoms with Crippen LogP contribution in [0, 0.1) is 5.92 Å². The Labute approximate surface area is 76.3 Å². The maximum atomic E-state index is 10.9. The zero-order valence-electron chi connectivity index (χ0n) is 7.52. The van der Waals surface area contributed by atoms with E-state index in [0.29, 0.717) is 19.6 Å². The summed E-state index contributed by atoms with van der Waals surface area (Å²) in [6, 6.07) is 0. The van der Waals surface area contributed by atoms with Crippen molar-refractivity contribution in [1.29, 1.82) is 0 Å². The van der Waals surface area contributed by atoms with E-state index in [2.05, 4.69) is 0 Å². The first-order valence-corrected chi connectivity index (χ1v) is 4.19. The normalized spacial score (nSPS) is 22.7. The van der Waals surface area contributed by atoms with Crippen LogP contribution in [0.25, 0.3) is 0 Å². The molecule has 1 aliphatic heterocycles. The summed E-state index contributed by atoms with van der Waals surface area (Å²) in [5.41, 5.74) is 0. The molecule has 1 fully saturated rings. The van der Waals surface area contributed by atoms with E-state index in [4.69, 9.17) is 9.84 Å². The van der Waals surface area contributed by atoms with E-state index in [1.165, 1.54) is 4.90 Å². The number of carbonyl (C=O) groups excluding carboxylic acids is 1. The van der Waals surface area contributed by atoms with Crippen molar-refractivity contribution in [2.75, 3.05) is 20.2 Å². The van der Waals surface area contributed by atoms with Gasteiger partial charge in [0.25, 0.3) is 0 Å². The highest BCUT2D eigenvalue weighted by atomic mass is 16.6. The van der Waals surface area contributed by atoms with Crippen LogP contribution in [-0.2, 0) is 9.53 Å². The van der Waals surface area contributed by atoms with Crippen LogP contribution in [0.3, 0.4) is 0 Å². The standard InChI is InChI=1S/C8H13NO4/c1-9-4-6(2-3-7(10)11)5-13-8(9)12/h6H,2-5H2,1H3,(H,10,11). The second-order valence-electron chi connectivity index (χ2n) is 3.26. The zero-order chi connectivity index (χ0) is 9.84. The van der Waals surface area contributed by atoms with Crippen molar-refractivity contribution in [3.05, 3.63) is 0 Å². The maximum absolute atomic E-state index is 10.9. The molecule has 5 heteroatoms. The summed E-state index contributed by atoms with van der Waals surface area (Å²) >= 11 is 0. The molecule has 0 aliphatic carbocycles. The van der Waals surface area contributed by atoms with E-state index in [0.717, 1.165) is 0 Å². The van der Waals surface area contributed by atoms with Gasteiger partial charge >= 0.3 is 12.1 Å². The summed E-state index contributed by atoms with van der Waals surface area (Å²) < 4.78 is 4.83. The first-order chi connectivity index (χ1) is 6.09. The molecule has 0 bridgehead atoms. The fourth-order valence-corrected chi connectivity index (χ4v) is 1.32. The summed E-state index contributed by atoms with van der Waals surface area (Å²) in [7, 11) is 1.65. The Bertz CT molecular complexity index is 216. The molecule has 1 heterocycles. The van der Waals surface area contributed by atoms with Crippen molar-refractivity contribution in [3.8, 4) is 0 Å². The molecular weight excluding hydrogens is 174 g/mol. The fourth-order valence-electron chi connectivity index (χ4n) is 1.32. The summed E-state index contributed by atoms with van der Waals surface area (Å²) in [6.07, 6.45) is 0.370. The number of carboxylic acid groups (broad SMARTS) is 1. The number of amides is 1. The second-order valence-corrected chi connectivity index (χ2v) is 3.26. The smallest absolute Gasteiger partial charge is 0.409 e. The predicted molar refractivity (Wildman–Crippen MR) is 44.3 cm³/mol. The van der Waals surface area contributed by atoms with Crippen LogP contribution in [0.1, 0.15) is 12.8 Å². The van der Waals surface area contributed by atoms with E-state index in [1.807, 2.05) is 0 Å². The highest BCUT2D eigenvalue weighted by Crippen LogP contribution is 2.14. The van der Waals surface area contributed by atoms with Crippen molar-refractivity contribution >= 4 is 12.1 Å². The molecule has 1 rings (SSSR count). The van der Waals surface area contributed by atoms with Gasteiger partial charge in [0, 0.05) is 25.9 Å². The Morgan fingerprint density at radius 1 is 1.77 bits per heavy atom. The molecule has 1 saturated heterocycles. The Morgan fingerprint density at radius 2 is 2.46 bits per heavy atom. The van der Waals surface area contributed by atoms with Gasteiger partial charge in [-0.15, -0.1) is 0 Å². The number of carbonyl (C=O) groups is 2. The minimum absolute atomic E-state index is 0.135. The molecule has 5 nitrogen and oxygen atoms in total. The third kappa shape index (κ3) is 2.93. The number of nitrogens with zero attached hydrogens (tertiary/aromatic N) is 1. The van der Waals surface area contributed by atoms with E-state index in [9.17, 15) is 9.59 Å². The van der Waals surface area contributed by atoms with E-state index < -0.39 is 5.97 Å². The molecule has 13 heavy (non-hydrogen) atoms. The highest BCUT2D eigenvalue weighted by Gasteiger charge is 2.24. The summed E-state index contributed by atoms with van der Waals surface area (Å²) in [5, 5.41) is 8.44. The van der Waals surface area contributed by atoms with Crippen LogP contribution >= 0.6 is 0 Å². The van der Waals surface area contributed by atoms with Crippen LogP contribution in [-0.4, -0.2) is 42.3 Å². The highest BCUT2D eigenvalue weighted by molar-refractivity contribution is 5.68. The number of carboxylic acids is 1.